The first-order chi connectivity index (χ1) is 5.84. The van der Waals surface area contributed by atoms with E-state index >= 15 is 0 Å². The summed E-state index contributed by atoms with van der Waals surface area (Å²) in [5.74, 6) is 0.747. The molecule has 0 unspecified atom stereocenters. The molecule has 12 heavy (non-hydrogen) atoms. The highest BCUT2D eigenvalue weighted by Crippen LogP contribution is 2.10. The normalized spacial score (nSPS) is 9.83. The van der Waals surface area contributed by atoms with Gasteiger partial charge in [-0.2, -0.15) is 0 Å². The van der Waals surface area contributed by atoms with Crippen molar-refractivity contribution in [3.05, 3.63) is 30.3 Å². The summed E-state index contributed by atoms with van der Waals surface area (Å²) in [4.78, 5) is 0. The fourth-order valence-corrected chi connectivity index (χ4v) is 1.64. The number of hydrogen-bond acceptors (Lipinski definition) is 2. The molecule has 0 aliphatic carbocycles. The predicted octanol–water partition coefficient (Wildman–Crippen LogP) is 2.57. The van der Waals surface area contributed by atoms with Crippen LogP contribution in [0.1, 0.15) is 0 Å². The molecular weight excluding hydrogens is 282 g/mol. The lowest BCUT2D eigenvalue weighted by molar-refractivity contribution is 0.413. The standard InChI is InChI=1S/C8H10BIOS/c1-9(11-7-12-10)8-5-3-2-4-6-8/h2-6H,7H2,1H3. The first-order valence-corrected chi connectivity index (χ1v) is 7.27. The maximum absolute atomic E-state index is 5.53. The summed E-state index contributed by atoms with van der Waals surface area (Å²) in [6, 6.07) is 10.3. The monoisotopic (exact) mass is 292 g/mol. The van der Waals surface area contributed by atoms with E-state index in [0.717, 1.165) is 5.94 Å². The first kappa shape index (κ1) is 10.4. The minimum atomic E-state index is 0.202. The average molecular weight is 292 g/mol. The Morgan fingerprint density at radius 2 is 2.08 bits per heavy atom. The maximum Gasteiger partial charge on any atom is 0.324 e. The van der Waals surface area contributed by atoms with Gasteiger partial charge in [-0.25, -0.2) is 0 Å². The minimum Gasteiger partial charge on any atom is -0.421 e. The highest BCUT2D eigenvalue weighted by Gasteiger charge is 2.09. The molecule has 0 bridgehead atoms. The van der Waals surface area contributed by atoms with Crippen molar-refractivity contribution in [1.82, 2.24) is 0 Å². The predicted molar refractivity (Wildman–Crippen MR) is 65.3 cm³/mol. The fraction of sp³-hybridized carbons (Fsp3) is 0.250. The average Bonchev–Trinajstić information content (AvgIpc) is 2.15. The third-order valence-corrected chi connectivity index (χ3v) is 2.62. The van der Waals surface area contributed by atoms with Gasteiger partial charge >= 0.3 is 6.92 Å². The van der Waals surface area contributed by atoms with Crippen LogP contribution in [0.3, 0.4) is 0 Å². The van der Waals surface area contributed by atoms with Crippen molar-refractivity contribution in [3.8, 4) is 0 Å². The molecule has 1 aromatic carbocycles. The lowest BCUT2D eigenvalue weighted by atomic mass is 9.64. The largest absolute Gasteiger partial charge is 0.421 e. The van der Waals surface area contributed by atoms with Crippen molar-refractivity contribution >= 4 is 42.5 Å². The Morgan fingerprint density at radius 1 is 1.42 bits per heavy atom. The molecule has 4 heteroatoms. The van der Waals surface area contributed by atoms with Crippen LogP contribution in [0.25, 0.3) is 0 Å². The van der Waals surface area contributed by atoms with Crippen molar-refractivity contribution < 1.29 is 4.65 Å². The Labute approximate surface area is 90.0 Å². The molecule has 1 rings (SSSR count). The van der Waals surface area contributed by atoms with E-state index in [1.54, 1.807) is 8.93 Å². The van der Waals surface area contributed by atoms with Crippen LogP contribution < -0.4 is 5.46 Å². The summed E-state index contributed by atoms with van der Waals surface area (Å²) in [6.45, 7) is 2.27. The van der Waals surface area contributed by atoms with Gasteiger partial charge in [-0.15, -0.1) is 0 Å². The van der Waals surface area contributed by atoms with Gasteiger partial charge in [-0.3, -0.25) is 0 Å². The zero-order valence-electron chi connectivity index (χ0n) is 6.87. The van der Waals surface area contributed by atoms with Crippen LogP contribution in [0, 0.1) is 0 Å². The van der Waals surface area contributed by atoms with Crippen LogP contribution in [-0.4, -0.2) is 12.9 Å². The molecule has 0 heterocycles. The van der Waals surface area contributed by atoms with Crippen LogP contribution in [-0.2, 0) is 4.65 Å². The Morgan fingerprint density at radius 3 is 2.67 bits per heavy atom. The molecule has 0 atom stereocenters. The Balaban J connectivity index is 2.48. The second-order valence-corrected chi connectivity index (χ2v) is 4.77. The van der Waals surface area contributed by atoms with E-state index in [-0.39, 0.29) is 6.92 Å². The molecule has 0 N–H and O–H groups in total. The molecule has 64 valence electrons. The first-order valence-electron chi connectivity index (χ1n) is 3.74. The lowest BCUT2D eigenvalue weighted by Crippen LogP contribution is -2.29. The van der Waals surface area contributed by atoms with Gasteiger partial charge in [0, 0.05) is 0 Å². The molecule has 0 saturated heterocycles. The summed E-state index contributed by atoms with van der Waals surface area (Å²) in [5, 5.41) is 0. The van der Waals surface area contributed by atoms with E-state index in [2.05, 4.69) is 40.2 Å². The highest BCUT2D eigenvalue weighted by atomic mass is 127. The summed E-state index contributed by atoms with van der Waals surface area (Å²) >= 11 is 2.23. The van der Waals surface area contributed by atoms with Crippen LogP contribution in [0.4, 0.5) is 0 Å². The fourth-order valence-electron chi connectivity index (χ4n) is 0.948. The Hall–Kier alpha value is 0.325. The molecule has 0 radical (unpaired) electrons. The van der Waals surface area contributed by atoms with Crippen LogP contribution in [0.2, 0.25) is 6.82 Å². The van der Waals surface area contributed by atoms with Gasteiger partial charge in [0.2, 0.25) is 0 Å². The second-order valence-electron chi connectivity index (χ2n) is 2.45. The second kappa shape index (κ2) is 5.88. The number of rotatable bonds is 4. The van der Waals surface area contributed by atoms with Gasteiger partial charge in [-0.1, -0.05) is 46.1 Å². The molecule has 0 spiro atoms. The molecule has 0 aliphatic rings. The van der Waals surface area contributed by atoms with Crippen LogP contribution in [0.15, 0.2) is 30.3 Å². The zero-order chi connectivity index (χ0) is 8.81. The van der Waals surface area contributed by atoms with Gasteiger partial charge in [0.25, 0.3) is 0 Å². The SMILES string of the molecule is CB(OCSI)c1ccccc1. The van der Waals surface area contributed by atoms with Crippen molar-refractivity contribution in [2.45, 2.75) is 6.82 Å². The van der Waals surface area contributed by atoms with Crippen LogP contribution >= 0.6 is 30.1 Å². The third kappa shape index (κ3) is 3.37. The van der Waals surface area contributed by atoms with Gasteiger partial charge < -0.3 is 4.65 Å². The molecule has 0 saturated carbocycles. The van der Waals surface area contributed by atoms with Gasteiger partial charge in [-0.05, 0) is 26.7 Å². The molecule has 1 nitrogen and oxygen atoms in total. The summed E-state index contributed by atoms with van der Waals surface area (Å²) in [7, 11) is 1.67. The van der Waals surface area contributed by atoms with Gasteiger partial charge in [0.1, 0.15) is 0 Å². The minimum absolute atomic E-state index is 0.202. The van der Waals surface area contributed by atoms with E-state index in [4.69, 9.17) is 4.65 Å². The summed E-state index contributed by atoms with van der Waals surface area (Å²) < 4.78 is 5.53. The van der Waals surface area contributed by atoms with E-state index in [9.17, 15) is 0 Å². The van der Waals surface area contributed by atoms with E-state index in [1.807, 2.05) is 18.2 Å². The number of hydrogen-bond donors (Lipinski definition) is 0. The van der Waals surface area contributed by atoms with Gasteiger partial charge in [0.15, 0.2) is 0 Å². The topological polar surface area (TPSA) is 9.23 Å². The van der Waals surface area contributed by atoms with E-state index < -0.39 is 0 Å². The smallest absolute Gasteiger partial charge is 0.324 e. The quantitative estimate of drug-likeness (QED) is 0.479. The molecule has 0 amide bonds. The van der Waals surface area contributed by atoms with Gasteiger partial charge in [0.05, 0.1) is 5.94 Å². The van der Waals surface area contributed by atoms with Crippen LogP contribution in [0.5, 0.6) is 0 Å². The Bertz CT molecular complexity index is 220. The lowest BCUT2D eigenvalue weighted by Gasteiger charge is -2.07. The number of benzene rings is 1. The van der Waals surface area contributed by atoms with E-state index in [0.29, 0.717) is 0 Å². The molecular formula is C8H10BIOS. The molecule has 1 aromatic rings. The number of halogens is 1. The zero-order valence-corrected chi connectivity index (χ0v) is 9.84. The van der Waals surface area contributed by atoms with Crippen molar-refractivity contribution in [2.24, 2.45) is 0 Å². The van der Waals surface area contributed by atoms with E-state index in [1.165, 1.54) is 5.46 Å². The Kier molecular flexibility index (Phi) is 5.10. The van der Waals surface area contributed by atoms with Crippen molar-refractivity contribution in [3.63, 3.8) is 0 Å². The summed E-state index contributed by atoms with van der Waals surface area (Å²) in [6.07, 6.45) is 0. The molecule has 0 aromatic heterocycles. The third-order valence-electron chi connectivity index (χ3n) is 1.63. The highest BCUT2D eigenvalue weighted by molar-refractivity contribution is 14.2. The van der Waals surface area contributed by atoms with Crippen molar-refractivity contribution in [2.75, 3.05) is 5.94 Å². The van der Waals surface area contributed by atoms with Crippen molar-refractivity contribution in [1.29, 1.82) is 0 Å². The molecule has 0 aliphatic heterocycles. The summed E-state index contributed by atoms with van der Waals surface area (Å²) in [5.41, 5.74) is 1.24. The maximum atomic E-state index is 5.53. The molecule has 0 fully saturated rings.